The molecule has 0 amide bonds. The van der Waals surface area contributed by atoms with E-state index in [9.17, 15) is 10.2 Å². The highest BCUT2D eigenvalue weighted by Crippen LogP contribution is 2.24. The minimum atomic E-state index is -2.14. The Morgan fingerprint density at radius 1 is 1.50 bits per heavy atom. The molecule has 6 heteroatoms. The molecule has 1 fully saturated rings. The summed E-state index contributed by atoms with van der Waals surface area (Å²) in [6.45, 7) is -0.807. The van der Waals surface area contributed by atoms with Gasteiger partial charge in [0.05, 0.1) is 12.7 Å². The lowest BCUT2D eigenvalue weighted by molar-refractivity contribution is -0.331. The maximum absolute atomic E-state index is 9.33. The molecule has 0 aliphatic carbocycles. The van der Waals surface area contributed by atoms with Gasteiger partial charge in [-0.2, -0.15) is 0 Å². The lowest BCUT2D eigenvalue weighted by Crippen LogP contribution is -2.61. The molecule has 72 valence electrons. The molecule has 1 rings (SSSR count). The SMILES string of the molecule is NC1C[C@@H](O)[C@H](O)[C@](O)(CO)O1. The molecule has 0 radical (unpaired) electrons. The first-order chi connectivity index (χ1) is 5.49. The van der Waals surface area contributed by atoms with Gasteiger partial charge in [0.15, 0.2) is 0 Å². The number of rotatable bonds is 1. The number of hydrogen-bond donors (Lipinski definition) is 5. The lowest BCUT2D eigenvalue weighted by Gasteiger charge is -2.40. The summed E-state index contributed by atoms with van der Waals surface area (Å²) < 4.78 is 4.68. The third-order valence-electron chi connectivity index (χ3n) is 1.88. The molecule has 1 heterocycles. The van der Waals surface area contributed by atoms with Crippen molar-refractivity contribution >= 4 is 0 Å². The predicted molar refractivity (Wildman–Crippen MR) is 37.7 cm³/mol. The van der Waals surface area contributed by atoms with E-state index in [1.807, 2.05) is 0 Å². The van der Waals surface area contributed by atoms with Gasteiger partial charge in [-0.25, -0.2) is 0 Å². The third-order valence-corrected chi connectivity index (χ3v) is 1.88. The summed E-state index contributed by atoms with van der Waals surface area (Å²) in [7, 11) is 0. The van der Waals surface area contributed by atoms with Gasteiger partial charge >= 0.3 is 0 Å². The fourth-order valence-electron chi connectivity index (χ4n) is 1.18. The Labute approximate surface area is 69.2 Å². The van der Waals surface area contributed by atoms with Crippen molar-refractivity contribution in [3.8, 4) is 0 Å². The van der Waals surface area contributed by atoms with E-state index in [2.05, 4.69) is 4.74 Å². The summed E-state index contributed by atoms with van der Waals surface area (Å²) >= 11 is 0. The first-order valence-corrected chi connectivity index (χ1v) is 3.62. The predicted octanol–water partition coefficient (Wildman–Crippen LogP) is -2.91. The zero-order valence-corrected chi connectivity index (χ0v) is 6.42. The molecule has 0 aromatic carbocycles. The maximum atomic E-state index is 9.33. The fraction of sp³-hybridized carbons (Fsp3) is 1.00. The van der Waals surface area contributed by atoms with E-state index in [0.717, 1.165) is 0 Å². The van der Waals surface area contributed by atoms with Crippen LogP contribution >= 0.6 is 0 Å². The first-order valence-electron chi connectivity index (χ1n) is 3.62. The van der Waals surface area contributed by atoms with Gasteiger partial charge < -0.3 is 30.9 Å². The number of ether oxygens (including phenoxy) is 1. The Bertz CT molecular complexity index is 166. The van der Waals surface area contributed by atoms with Crippen molar-refractivity contribution < 1.29 is 25.2 Å². The molecule has 1 saturated heterocycles. The van der Waals surface area contributed by atoms with Crippen LogP contribution in [0.25, 0.3) is 0 Å². The average Bonchev–Trinajstić information content (AvgIpc) is 2.00. The van der Waals surface area contributed by atoms with Gasteiger partial charge in [0.25, 0.3) is 0 Å². The van der Waals surface area contributed by atoms with Crippen LogP contribution in [0.2, 0.25) is 0 Å². The summed E-state index contributed by atoms with van der Waals surface area (Å²) in [6.07, 6.45) is -3.54. The average molecular weight is 179 g/mol. The van der Waals surface area contributed by atoms with Crippen LogP contribution in [-0.4, -0.2) is 51.3 Å². The van der Waals surface area contributed by atoms with Gasteiger partial charge in [0.1, 0.15) is 12.3 Å². The summed E-state index contributed by atoms with van der Waals surface area (Å²) in [5.41, 5.74) is 5.27. The second-order valence-electron chi connectivity index (χ2n) is 2.91. The molecule has 4 atom stereocenters. The van der Waals surface area contributed by atoms with Crippen molar-refractivity contribution in [2.75, 3.05) is 6.61 Å². The second kappa shape index (κ2) is 3.25. The molecule has 0 aromatic rings. The topological polar surface area (TPSA) is 116 Å². The van der Waals surface area contributed by atoms with E-state index in [-0.39, 0.29) is 6.42 Å². The molecule has 1 aliphatic heterocycles. The van der Waals surface area contributed by atoms with Gasteiger partial charge in [-0.15, -0.1) is 0 Å². The highest BCUT2D eigenvalue weighted by molar-refractivity contribution is 4.88. The summed E-state index contributed by atoms with van der Waals surface area (Å²) in [4.78, 5) is 0. The molecular formula is C6H13NO5. The highest BCUT2D eigenvalue weighted by Gasteiger charge is 2.46. The van der Waals surface area contributed by atoms with Crippen LogP contribution in [-0.2, 0) is 4.74 Å². The molecule has 6 nitrogen and oxygen atoms in total. The maximum Gasteiger partial charge on any atom is 0.220 e. The molecule has 0 spiro atoms. The van der Waals surface area contributed by atoms with Crippen LogP contribution in [0.5, 0.6) is 0 Å². The Kier molecular flexibility index (Phi) is 2.67. The molecule has 6 N–H and O–H groups in total. The van der Waals surface area contributed by atoms with E-state index in [0.29, 0.717) is 0 Å². The van der Waals surface area contributed by atoms with Crippen molar-refractivity contribution in [2.45, 2.75) is 30.6 Å². The smallest absolute Gasteiger partial charge is 0.220 e. The van der Waals surface area contributed by atoms with Crippen LogP contribution < -0.4 is 5.73 Å². The minimum Gasteiger partial charge on any atom is -0.391 e. The zero-order chi connectivity index (χ0) is 9.35. The molecule has 1 unspecified atom stereocenters. The van der Waals surface area contributed by atoms with Gasteiger partial charge in [-0.3, -0.25) is 0 Å². The summed E-state index contributed by atoms with van der Waals surface area (Å²) in [5, 5.41) is 36.3. The third kappa shape index (κ3) is 1.58. The van der Waals surface area contributed by atoms with E-state index in [4.69, 9.17) is 15.9 Å². The molecular weight excluding hydrogens is 166 g/mol. The van der Waals surface area contributed by atoms with Crippen LogP contribution in [0, 0.1) is 0 Å². The van der Waals surface area contributed by atoms with Crippen molar-refractivity contribution in [2.24, 2.45) is 5.73 Å². The summed E-state index contributed by atoms with van der Waals surface area (Å²) in [6, 6.07) is 0. The zero-order valence-electron chi connectivity index (χ0n) is 6.42. The van der Waals surface area contributed by atoms with Gasteiger partial charge in [0, 0.05) is 6.42 Å². The largest absolute Gasteiger partial charge is 0.391 e. The lowest BCUT2D eigenvalue weighted by atomic mass is 9.98. The van der Waals surface area contributed by atoms with E-state index in [1.54, 1.807) is 0 Å². The first kappa shape index (κ1) is 9.85. The monoisotopic (exact) mass is 179 g/mol. The van der Waals surface area contributed by atoms with E-state index in [1.165, 1.54) is 0 Å². The normalized spacial score (nSPS) is 49.2. The highest BCUT2D eigenvalue weighted by atomic mass is 16.7. The Morgan fingerprint density at radius 2 is 2.08 bits per heavy atom. The van der Waals surface area contributed by atoms with Crippen LogP contribution in [0.1, 0.15) is 6.42 Å². The number of nitrogens with two attached hydrogens (primary N) is 1. The van der Waals surface area contributed by atoms with E-state index >= 15 is 0 Å². The van der Waals surface area contributed by atoms with E-state index < -0.39 is 30.8 Å². The summed E-state index contributed by atoms with van der Waals surface area (Å²) in [5.74, 6) is -2.14. The number of hydrogen-bond acceptors (Lipinski definition) is 6. The van der Waals surface area contributed by atoms with Gasteiger partial charge in [0.2, 0.25) is 5.79 Å². The standard InChI is InChI=1S/C6H13NO5/c7-4-1-3(9)5(10)6(11,2-8)12-4/h3-5,8-11H,1-2,7H2/t3-,4?,5+,6+/m1/s1. The number of aliphatic hydroxyl groups excluding tert-OH is 3. The Morgan fingerprint density at radius 3 is 2.58 bits per heavy atom. The second-order valence-corrected chi connectivity index (χ2v) is 2.91. The molecule has 12 heavy (non-hydrogen) atoms. The van der Waals surface area contributed by atoms with Gasteiger partial charge in [-0.1, -0.05) is 0 Å². The van der Waals surface area contributed by atoms with Crippen molar-refractivity contribution in [1.29, 1.82) is 0 Å². The van der Waals surface area contributed by atoms with Crippen molar-refractivity contribution in [3.05, 3.63) is 0 Å². The molecule has 0 bridgehead atoms. The van der Waals surface area contributed by atoms with Crippen LogP contribution in [0.4, 0.5) is 0 Å². The molecule has 0 saturated carbocycles. The quantitative estimate of drug-likeness (QED) is 0.295. The van der Waals surface area contributed by atoms with Crippen LogP contribution in [0.3, 0.4) is 0 Å². The molecule has 1 aliphatic rings. The minimum absolute atomic E-state index is 0.0312. The Hall–Kier alpha value is -0.240. The van der Waals surface area contributed by atoms with Crippen molar-refractivity contribution in [3.63, 3.8) is 0 Å². The van der Waals surface area contributed by atoms with Crippen LogP contribution in [0.15, 0.2) is 0 Å². The Balaban J connectivity index is 2.72. The molecule has 0 aromatic heterocycles. The van der Waals surface area contributed by atoms with Gasteiger partial charge in [-0.05, 0) is 0 Å². The number of aliphatic hydroxyl groups is 4. The van der Waals surface area contributed by atoms with Crippen molar-refractivity contribution in [1.82, 2.24) is 0 Å². The fourth-order valence-corrected chi connectivity index (χ4v) is 1.18.